The van der Waals surface area contributed by atoms with E-state index in [0.717, 1.165) is 16.6 Å². The average Bonchev–Trinajstić information content (AvgIpc) is 3.53. The van der Waals surface area contributed by atoms with E-state index in [1.54, 1.807) is 63.1 Å². The molecule has 3 aromatic heterocycles. The number of aromatic nitrogens is 4. The van der Waals surface area contributed by atoms with Crippen LogP contribution in [0.15, 0.2) is 73.4 Å². The Labute approximate surface area is 212 Å². The second-order valence-electron chi connectivity index (χ2n) is 8.92. The Morgan fingerprint density at radius 2 is 1.73 bits per heavy atom. The topological polar surface area (TPSA) is 99.3 Å². The molecule has 3 heterocycles. The predicted octanol–water partition coefficient (Wildman–Crippen LogP) is 4.54. The highest BCUT2D eigenvalue weighted by molar-refractivity contribution is 6.21. The summed E-state index contributed by atoms with van der Waals surface area (Å²) in [6.07, 6.45) is 6.72. The molecule has 0 spiro atoms. The van der Waals surface area contributed by atoms with Gasteiger partial charge < -0.3 is 14.2 Å². The standard InChI is InChI=1S/C28H25N5O4/c1-17(33-16-30-22-14-29-13-12-23(22)33)18-8-10-19(11-9-18)26(34)21-15-32(28(36)31(2)3)24-7-5-6-20(25(21)24)27(35)37-4/h5-17H,1-4H3. The molecule has 1 amide bonds. The van der Waals surface area contributed by atoms with E-state index in [4.69, 9.17) is 4.74 Å². The van der Waals surface area contributed by atoms with Crippen LogP contribution in [-0.4, -0.2) is 63.0 Å². The highest BCUT2D eigenvalue weighted by Gasteiger charge is 2.25. The maximum absolute atomic E-state index is 13.7. The highest BCUT2D eigenvalue weighted by Crippen LogP contribution is 2.29. The van der Waals surface area contributed by atoms with E-state index in [9.17, 15) is 14.4 Å². The molecule has 9 heteroatoms. The fraction of sp³-hybridized carbons (Fsp3) is 0.179. The predicted molar refractivity (Wildman–Crippen MR) is 139 cm³/mol. The number of hydrogen-bond acceptors (Lipinski definition) is 6. The number of carbonyl (C=O) groups excluding carboxylic acids is 3. The number of imidazole rings is 1. The lowest BCUT2D eigenvalue weighted by Gasteiger charge is -2.15. The van der Waals surface area contributed by atoms with E-state index >= 15 is 0 Å². The Morgan fingerprint density at radius 1 is 0.973 bits per heavy atom. The van der Waals surface area contributed by atoms with Crippen LogP contribution in [-0.2, 0) is 4.74 Å². The third kappa shape index (κ3) is 4.04. The van der Waals surface area contributed by atoms with Gasteiger partial charge in [-0.2, -0.15) is 0 Å². The van der Waals surface area contributed by atoms with Gasteiger partial charge in [0.1, 0.15) is 5.52 Å². The lowest BCUT2D eigenvalue weighted by Crippen LogP contribution is -2.26. The van der Waals surface area contributed by atoms with E-state index in [2.05, 4.69) is 21.5 Å². The van der Waals surface area contributed by atoms with Crippen molar-refractivity contribution < 1.29 is 19.1 Å². The Balaban J connectivity index is 1.55. The Bertz CT molecular complexity index is 1660. The van der Waals surface area contributed by atoms with E-state index in [0.29, 0.717) is 16.5 Å². The van der Waals surface area contributed by atoms with E-state index in [-0.39, 0.29) is 29.0 Å². The van der Waals surface area contributed by atoms with Crippen molar-refractivity contribution in [2.45, 2.75) is 13.0 Å². The van der Waals surface area contributed by atoms with Crippen LogP contribution >= 0.6 is 0 Å². The quantitative estimate of drug-likeness (QED) is 0.262. The van der Waals surface area contributed by atoms with Gasteiger partial charge in [-0.1, -0.05) is 30.3 Å². The number of methoxy groups -OCH3 is 1. The van der Waals surface area contributed by atoms with Crippen molar-refractivity contribution in [3.8, 4) is 0 Å². The summed E-state index contributed by atoms with van der Waals surface area (Å²) in [5, 5.41) is 0.380. The van der Waals surface area contributed by atoms with E-state index in [1.807, 2.05) is 18.2 Å². The molecule has 37 heavy (non-hydrogen) atoms. The summed E-state index contributed by atoms with van der Waals surface area (Å²) in [5.74, 6) is -0.883. The number of rotatable bonds is 5. The first-order valence-corrected chi connectivity index (χ1v) is 11.7. The van der Waals surface area contributed by atoms with Crippen LogP contribution < -0.4 is 0 Å². The SMILES string of the molecule is COC(=O)c1cccc2c1c(C(=O)c1ccc(C(C)n3cnc4cnccc43)cc1)cn2C(=O)N(C)C. The molecular formula is C28H25N5O4. The van der Waals surface area contributed by atoms with E-state index < -0.39 is 5.97 Å². The van der Waals surface area contributed by atoms with Crippen molar-refractivity contribution in [2.75, 3.05) is 21.2 Å². The third-order valence-electron chi connectivity index (χ3n) is 6.52. The molecule has 0 radical (unpaired) electrons. The number of amides is 1. The van der Waals surface area contributed by atoms with Gasteiger partial charge in [0.2, 0.25) is 0 Å². The van der Waals surface area contributed by atoms with Crippen molar-refractivity contribution in [3.63, 3.8) is 0 Å². The minimum absolute atomic E-state index is 0.0258. The van der Waals surface area contributed by atoms with Crippen LogP contribution in [0.25, 0.3) is 21.9 Å². The van der Waals surface area contributed by atoms with Crippen molar-refractivity contribution in [2.24, 2.45) is 0 Å². The Morgan fingerprint density at radius 3 is 2.43 bits per heavy atom. The van der Waals surface area contributed by atoms with Gasteiger partial charge in [0.25, 0.3) is 0 Å². The van der Waals surface area contributed by atoms with Gasteiger partial charge >= 0.3 is 12.0 Å². The van der Waals surface area contributed by atoms with Crippen LogP contribution in [0.1, 0.15) is 44.8 Å². The average molecular weight is 496 g/mol. The fourth-order valence-corrected chi connectivity index (χ4v) is 4.53. The van der Waals surface area contributed by atoms with Crippen LogP contribution in [0.5, 0.6) is 0 Å². The largest absolute Gasteiger partial charge is 0.465 e. The first kappa shape index (κ1) is 23.9. The number of pyridine rings is 1. The number of esters is 1. The third-order valence-corrected chi connectivity index (χ3v) is 6.52. The Kier molecular flexibility index (Phi) is 6.04. The molecule has 0 saturated heterocycles. The van der Waals surface area contributed by atoms with Gasteiger partial charge in [0.05, 0.1) is 42.3 Å². The number of ether oxygens (including phenoxy) is 1. The summed E-state index contributed by atoms with van der Waals surface area (Å²) >= 11 is 0. The normalized spacial score (nSPS) is 12.0. The van der Waals surface area contributed by atoms with Crippen LogP contribution in [0.4, 0.5) is 4.79 Å². The van der Waals surface area contributed by atoms with Crippen molar-refractivity contribution >= 4 is 39.7 Å². The van der Waals surface area contributed by atoms with Gasteiger partial charge in [-0.15, -0.1) is 0 Å². The highest BCUT2D eigenvalue weighted by atomic mass is 16.5. The molecular weight excluding hydrogens is 470 g/mol. The summed E-state index contributed by atoms with van der Waals surface area (Å²) in [4.78, 5) is 49.0. The van der Waals surface area contributed by atoms with Crippen molar-refractivity contribution in [1.82, 2.24) is 24.0 Å². The number of hydrogen-bond donors (Lipinski definition) is 0. The molecule has 1 unspecified atom stereocenters. The lowest BCUT2D eigenvalue weighted by atomic mass is 9.97. The van der Waals surface area contributed by atoms with Gasteiger partial charge in [-0.05, 0) is 30.7 Å². The molecule has 0 N–H and O–H groups in total. The van der Waals surface area contributed by atoms with Crippen LogP contribution in [0, 0.1) is 0 Å². The zero-order chi connectivity index (χ0) is 26.3. The molecule has 9 nitrogen and oxygen atoms in total. The summed E-state index contributed by atoms with van der Waals surface area (Å²) < 4.78 is 8.38. The molecule has 0 aliphatic carbocycles. The zero-order valence-corrected chi connectivity index (χ0v) is 20.9. The fourth-order valence-electron chi connectivity index (χ4n) is 4.53. The monoisotopic (exact) mass is 495 g/mol. The zero-order valence-electron chi connectivity index (χ0n) is 20.9. The molecule has 0 aliphatic rings. The molecule has 5 rings (SSSR count). The molecule has 0 fully saturated rings. The molecule has 0 aliphatic heterocycles. The smallest absolute Gasteiger partial charge is 0.338 e. The van der Waals surface area contributed by atoms with Crippen LogP contribution in [0.3, 0.4) is 0 Å². The summed E-state index contributed by atoms with van der Waals surface area (Å²) in [7, 11) is 4.53. The minimum Gasteiger partial charge on any atom is -0.465 e. The second-order valence-corrected chi connectivity index (χ2v) is 8.92. The number of ketones is 1. The number of nitrogens with zero attached hydrogens (tertiary/aromatic N) is 5. The van der Waals surface area contributed by atoms with Gasteiger partial charge in [0, 0.05) is 43.0 Å². The van der Waals surface area contributed by atoms with Crippen molar-refractivity contribution in [3.05, 3.63) is 95.7 Å². The lowest BCUT2D eigenvalue weighted by molar-refractivity contribution is 0.0603. The van der Waals surface area contributed by atoms with E-state index in [1.165, 1.54) is 22.8 Å². The first-order valence-electron chi connectivity index (χ1n) is 11.7. The van der Waals surface area contributed by atoms with Gasteiger partial charge in [0.15, 0.2) is 5.78 Å². The summed E-state index contributed by atoms with van der Waals surface area (Å²) in [5.41, 5.74) is 4.14. The van der Waals surface area contributed by atoms with Crippen LogP contribution in [0.2, 0.25) is 0 Å². The molecule has 0 saturated carbocycles. The summed E-state index contributed by atoms with van der Waals surface area (Å²) in [6.45, 7) is 2.06. The molecule has 186 valence electrons. The van der Waals surface area contributed by atoms with Gasteiger partial charge in [-0.25, -0.2) is 14.6 Å². The summed E-state index contributed by atoms with van der Waals surface area (Å²) in [6, 6.07) is 13.8. The molecule has 5 aromatic rings. The second kappa shape index (κ2) is 9.34. The number of carbonyl (C=O) groups is 3. The maximum Gasteiger partial charge on any atom is 0.338 e. The minimum atomic E-state index is -0.582. The number of benzene rings is 2. The first-order chi connectivity index (χ1) is 17.8. The number of fused-ring (bicyclic) bond motifs is 2. The molecule has 0 bridgehead atoms. The van der Waals surface area contributed by atoms with Crippen molar-refractivity contribution in [1.29, 1.82) is 0 Å². The Hall–Kier alpha value is -4.79. The maximum atomic E-state index is 13.7. The molecule has 2 aromatic carbocycles. The van der Waals surface area contributed by atoms with Gasteiger partial charge in [-0.3, -0.25) is 14.3 Å². The molecule has 1 atom stereocenters.